The van der Waals surface area contributed by atoms with Gasteiger partial charge >= 0.3 is 6.09 Å². The van der Waals surface area contributed by atoms with E-state index in [0.29, 0.717) is 39.8 Å². The maximum atomic E-state index is 14.9. The average Bonchev–Trinajstić information content (AvgIpc) is 3.93. The van der Waals surface area contributed by atoms with Crippen molar-refractivity contribution in [3.8, 4) is 22.9 Å². The third-order valence-electron chi connectivity index (χ3n) is 12.9. The Morgan fingerprint density at radius 3 is 2.35 bits per heavy atom. The molecule has 2 unspecified atom stereocenters. The number of hydrogen-bond acceptors (Lipinski definition) is 13. The summed E-state index contributed by atoms with van der Waals surface area (Å²) in [6.07, 6.45) is 7.73. The van der Waals surface area contributed by atoms with E-state index >= 15 is 0 Å². The first-order valence-corrected chi connectivity index (χ1v) is 24.7. The molecular weight excluding hydrogens is 871 g/mol. The molecule has 3 aliphatic carbocycles. The van der Waals surface area contributed by atoms with Crippen LogP contribution in [0.1, 0.15) is 85.0 Å². The van der Waals surface area contributed by atoms with E-state index in [1.54, 1.807) is 31.4 Å². The smallest absolute Gasteiger partial charge is 0.408 e. The number of benzene rings is 2. The lowest BCUT2D eigenvalue weighted by Gasteiger charge is -2.35. The van der Waals surface area contributed by atoms with Gasteiger partial charge < -0.3 is 35.1 Å². The fraction of sp³-hybridized carbons (Fsp3) is 0.489. The molecule has 5 atom stereocenters. The molecule has 0 radical (unpaired) electrons. The third kappa shape index (κ3) is 10.1. The number of nitrogens with zero attached hydrogens (tertiary/aromatic N) is 3. The number of likely N-dealkylation sites (tertiary alicyclic amines) is 1. The number of methoxy groups -OCH3 is 1. The summed E-state index contributed by atoms with van der Waals surface area (Å²) in [5.41, 5.74) is -0.715. The number of thiazole rings is 1. The Kier molecular flexibility index (Phi) is 13.1. The van der Waals surface area contributed by atoms with Crippen LogP contribution in [0, 0.1) is 11.3 Å². The van der Waals surface area contributed by atoms with Crippen molar-refractivity contribution in [3.05, 3.63) is 72.6 Å². The van der Waals surface area contributed by atoms with Crippen molar-refractivity contribution in [3.63, 3.8) is 0 Å². The second-order valence-corrected chi connectivity index (χ2v) is 21.1. The largest absolute Gasteiger partial charge is 0.497 e. The molecule has 4 aromatic rings. The number of amides is 4. The molecule has 4 fully saturated rings. The molecule has 3 saturated carbocycles. The minimum absolute atomic E-state index is 0.0127. The Morgan fingerprint density at radius 1 is 0.954 bits per heavy atom. The van der Waals surface area contributed by atoms with Gasteiger partial charge in [-0.2, -0.15) is 0 Å². The SMILES string of the molecule is C=CC1C[C@]1(NC(=O)[C@@H]1C[C@@H](Oc2cc(-c3csc(NC4CCCC4)n3)nc3cc(OC)ccc23)CN1C(=O)C(NC(=O)OC1CCCC1)C(C)(C)C)C(=O)NS(=O)(=O)c1ccccc1. The summed E-state index contributed by atoms with van der Waals surface area (Å²) < 4.78 is 46.8. The molecule has 1 aliphatic heterocycles. The van der Waals surface area contributed by atoms with Gasteiger partial charge in [-0.15, -0.1) is 17.9 Å². The summed E-state index contributed by atoms with van der Waals surface area (Å²) in [6.45, 7) is 9.18. The van der Waals surface area contributed by atoms with Crippen LogP contribution in [0.5, 0.6) is 11.5 Å². The van der Waals surface area contributed by atoms with E-state index in [9.17, 15) is 27.6 Å². The Hall–Kier alpha value is -5.75. The van der Waals surface area contributed by atoms with E-state index in [0.717, 1.165) is 43.7 Å². The lowest BCUT2D eigenvalue weighted by atomic mass is 9.85. The van der Waals surface area contributed by atoms with Gasteiger partial charge in [0.05, 0.1) is 29.8 Å². The number of fused-ring (bicyclic) bond motifs is 1. The van der Waals surface area contributed by atoms with E-state index in [-0.39, 0.29) is 30.4 Å². The van der Waals surface area contributed by atoms with Crippen molar-refractivity contribution in [1.29, 1.82) is 0 Å². The summed E-state index contributed by atoms with van der Waals surface area (Å²) in [5.74, 6) is -1.75. The number of ether oxygens (including phenoxy) is 3. The fourth-order valence-corrected chi connectivity index (χ4v) is 11.0. The summed E-state index contributed by atoms with van der Waals surface area (Å²) >= 11 is 1.50. The van der Waals surface area contributed by atoms with Crippen LogP contribution in [0.2, 0.25) is 0 Å². The number of carbonyl (C=O) groups excluding carboxylic acids is 4. The number of aromatic nitrogens is 2. The first-order chi connectivity index (χ1) is 31.1. The van der Waals surface area contributed by atoms with E-state index < -0.39 is 68.9 Å². The van der Waals surface area contributed by atoms with E-state index in [1.165, 1.54) is 59.4 Å². The standard InChI is InChI=1S/C47H57N7O9S2/c1-6-28-25-47(28,43(57)53-65(59,60)33-18-8-7-9-19-33)52-41(55)38-23-32(26-54(38)42(56)40(46(2,3)4)51-45(58)63-30-16-12-13-17-30)62-39-24-36(49-35-22-31(61-5)20-21-34(35)39)37-27-64-44(50-37)48-29-14-10-11-15-29/h6-9,18-22,24,27-30,32,38,40H,1,10-17,23,25-26H2,2-5H3,(H,48,50)(H,51,58)(H,52,55)(H,53,57)/t28?,32-,38+,40?,47-/m1/s1. The third-order valence-corrected chi connectivity index (χ3v) is 15.0. The second-order valence-electron chi connectivity index (χ2n) is 18.5. The van der Waals surface area contributed by atoms with Gasteiger partial charge in [-0.05, 0) is 74.6 Å². The van der Waals surface area contributed by atoms with E-state index in [2.05, 4.69) is 27.3 Å². The number of carbonyl (C=O) groups is 4. The number of pyridine rings is 1. The number of alkyl carbamates (subject to hydrolysis) is 1. The van der Waals surface area contributed by atoms with Gasteiger partial charge in [0.15, 0.2) is 5.13 Å². The quantitative estimate of drug-likeness (QED) is 0.0918. The van der Waals surface area contributed by atoms with E-state index in [4.69, 9.17) is 24.2 Å². The van der Waals surface area contributed by atoms with Crippen molar-refractivity contribution in [2.75, 3.05) is 19.0 Å². The molecule has 2 aromatic heterocycles. The zero-order valence-corrected chi connectivity index (χ0v) is 38.8. The summed E-state index contributed by atoms with van der Waals surface area (Å²) in [7, 11) is -2.73. The molecule has 1 saturated heterocycles. The van der Waals surface area contributed by atoms with Crippen LogP contribution >= 0.6 is 11.3 Å². The predicted octanol–water partition coefficient (Wildman–Crippen LogP) is 6.72. The highest BCUT2D eigenvalue weighted by molar-refractivity contribution is 7.90. The van der Waals surface area contributed by atoms with Gasteiger partial charge in [0, 0.05) is 41.3 Å². The van der Waals surface area contributed by atoms with Gasteiger partial charge in [-0.25, -0.2) is 27.9 Å². The lowest BCUT2D eigenvalue weighted by Crippen LogP contribution is -2.60. The van der Waals surface area contributed by atoms with Crippen LogP contribution in [-0.4, -0.2) is 96.6 Å². The Labute approximate surface area is 383 Å². The van der Waals surface area contributed by atoms with Crippen LogP contribution in [-0.2, 0) is 29.1 Å². The summed E-state index contributed by atoms with van der Waals surface area (Å²) in [6, 6.07) is 12.7. The fourth-order valence-electron chi connectivity index (χ4n) is 9.12. The van der Waals surface area contributed by atoms with Crippen LogP contribution in [0.3, 0.4) is 0 Å². The average molecular weight is 928 g/mol. The molecule has 4 aliphatic rings. The molecule has 2 aromatic carbocycles. The first-order valence-electron chi connectivity index (χ1n) is 22.3. The van der Waals surface area contributed by atoms with Crippen molar-refractivity contribution in [2.24, 2.45) is 11.3 Å². The summed E-state index contributed by atoms with van der Waals surface area (Å²) in [5, 5.41) is 12.6. The number of hydrogen-bond donors (Lipinski definition) is 4. The van der Waals surface area contributed by atoms with Crippen molar-refractivity contribution < 1.29 is 41.8 Å². The molecule has 65 heavy (non-hydrogen) atoms. The highest BCUT2D eigenvalue weighted by Gasteiger charge is 2.61. The van der Waals surface area contributed by atoms with Crippen molar-refractivity contribution in [2.45, 2.75) is 126 Å². The normalized spacial score (nSPS) is 22.8. The maximum absolute atomic E-state index is 14.9. The lowest BCUT2D eigenvalue weighted by molar-refractivity contribution is -0.143. The van der Waals surface area contributed by atoms with Crippen LogP contribution in [0.25, 0.3) is 22.3 Å². The molecule has 346 valence electrons. The Morgan fingerprint density at radius 2 is 1.68 bits per heavy atom. The topological polar surface area (TPSA) is 207 Å². The highest BCUT2D eigenvalue weighted by Crippen LogP contribution is 2.45. The second kappa shape index (κ2) is 18.6. The molecule has 4 amide bonds. The highest BCUT2D eigenvalue weighted by atomic mass is 32.2. The number of nitrogens with one attached hydrogen (secondary N) is 4. The molecule has 0 spiro atoms. The molecule has 3 heterocycles. The van der Waals surface area contributed by atoms with Crippen molar-refractivity contribution in [1.82, 2.24) is 30.2 Å². The molecule has 0 bridgehead atoms. The zero-order valence-electron chi connectivity index (χ0n) is 37.1. The zero-order chi connectivity index (χ0) is 46.1. The maximum Gasteiger partial charge on any atom is 0.408 e. The summed E-state index contributed by atoms with van der Waals surface area (Å²) in [4.78, 5) is 67.9. The minimum atomic E-state index is -4.30. The van der Waals surface area contributed by atoms with Crippen molar-refractivity contribution >= 4 is 61.2 Å². The van der Waals surface area contributed by atoms with Gasteiger partial charge in [0.2, 0.25) is 11.8 Å². The number of rotatable bonds is 15. The van der Waals surface area contributed by atoms with Crippen LogP contribution in [0.15, 0.2) is 77.5 Å². The Bertz CT molecular complexity index is 2550. The monoisotopic (exact) mass is 927 g/mol. The molecule has 8 rings (SSSR count). The molecule has 4 N–H and O–H groups in total. The van der Waals surface area contributed by atoms with Gasteiger partial charge in [-0.3, -0.25) is 14.4 Å². The van der Waals surface area contributed by atoms with Gasteiger partial charge in [0.1, 0.15) is 47.0 Å². The first kappa shape index (κ1) is 45.8. The van der Waals surface area contributed by atoms with Gasteiger partial charge in [-0.1, -0.05) is 57.9 Å². The van der Waals surface area contributed by atoms with Crippen LogP contribution < -0.4 is 30.1 Å². The number of anilines is 1. The Balaban J connectivity index is 1.10. The molecule has 18 heteroatoms. The van der Waals surface area contributed by atoms with E-state index in [1.807, 2.05) is 32.2 Å². The molecular formula is C47H57N7O9S2. The predicted molar refractivity (Wildman–Crippen MR) is 246 cm³/mol. The molecule has 16 nitrogen and oxygen atoms in total. The number of sulfonamides is 1. The van der Waals surface area contributed by atoms with Crippen LogP contribution in [0.4, 0.5) is 9.93 Å². The minimum Gasteiger partial charge on any atom is -0.497 e. The van der Waals surface area contributed by atoms with Gasteiger partial charge in [0.25, 0.3) is 15.9 Å².